The molecule has 1 unspecified atom stereocenters. The van der Waals surface area contributed by atoms with Gasteiger partial charge in [0.05, 0.1) is 34.8 Å². The Bertz CT molecular complexity index is 978. The molecule has 0 saturated carbocycles. The zero-order valence-electron chi connectivity index (χ0n) is 16.0. The number of nitrogens with zero attached hydrogens (tertiary/aromatic N) is 4. The van der Waals surface area contributed by atoms with Crippen molar-refractivity contribution in [3.05, 3.63) is 59.8 Å². The lowest BCUT2D eigenvalue weighted by atomic mass is 9.96. The van der Waals surface area contributed by atoms with E-state index >= 15 is 0 Å². The molecule has 0 fully saturated rings. The third kappa shape index (κ3) is 3.57. The SMILES string of the molecule is CC(C)NC(=O)C1CN(Cc2ccc3ccccc3n2)Cc2ncn(C)c21. The van der Waals surface area contributed by atoms with Gasteiger partial charge in [-0.1, -0.05) is 24.3 Å². The average molecular weight is 363 g/mol. The molecule has 140 valence electrons. The van der Waals surface area contributed by atoms with E-state index in [1.165, 1.54) is 0 Å². The molecule has 6 nitrogen and oxygen atoms in total. The lowest BCUT2D eigenvalue weighted by Gasteiger charge is -2.32. The molecule has 1 aliphatic heterocycles. The molecule has 0 bridgehead atoms. The summed E-state index contributed by atoms with van der Waals surface area (Å²) in [6.45, 7) is 6.07. The van der Waals surface area contributed by atoms with Gasteiger partial charge < -0.3 is 9.88 Å². The second-order valence-electron chi connectivity index (χ2n) is 7.57. The number of imidazole rings is 1. The summed E-state index contributed by atoms with van der Waals surface area (Å²) in [6.07, 6.45) is 1.80. The summed E-state index contributed by atoms with van der Waals surface area (Å²) in [5.74, 6) is -0.157. The van der Waals surface area contributed by atoms with Gasteiger partial charge in [0.25, 0.3) is 0 Å². The first-order valence-corrected chi connectivity index (χ1v) is 9.38. The molecule has 6 heteroatoms. The first-order chi connectivity index (χ1) is 13.0. The summed E-state index contributed by atoms with van der Waals surface area (Å²) >= 11 is 0. The standard InChI is InChI=1S/C21H25N5O/c1-14(2)23-21(27)17-11-26(12-19-20(17)25(3)13-22-19)10-16-9-8-15-6-4-5-7-18(15)24-16/h4-9,13-14,17H,10-12H2,1-3H3,(H,23,27). The number of carbonyl (C=O) groups excluding carboxylic acids is 1. The minimum Gasteiger partial charge on any atom is -0.353 e. The van der Waals surface area contributed by atoms with Crippen LogP contribution in [0.4, 0.5) is 0 Å². The van der Waals surface area contributed by atoms with E-state index in [4.69, 9.17) is 4.98 Å². The van der Waals surface area contributed by atoms with Gasteiger partial charge in [0.1, 0.15) is 0 Å². The van der Waals surface area contributed by atoms with Crippen LogP contribution in [-0.2, 0) is 24.9 Å². The van der Waals surface area contributed by atoms with Crippen molar-refractivity contribution < 1.29 is 4.79 Å². The van der Waals surface area contributed by atoms with E-state index in [0.717, 1.165) is 34.5 Å². The maximum Gasteiger partial charge on any atom is 0.230 e. The molecule has 0 radical (unpaired) electrons. The van der Waals surface area contributed by atoms with E-state index in [1.807, 2.05) is 43.7 Å². The second kappa shape index (κ2) is 7.12. The monoisotopic (exact) mass is 363 g/mol. The summed E-state index contributed by atoms with van der Waals surface area (Å²) < 4.78 is 1.98. The Labute approximate surface area is 159 Å². The van der Waals surface area contributed by atoms with Gasteiger partial charge in [-0.05, 0) is 26.0 Å². The molecule has 2 aromatic heterocycles. The van der Waals surface area contributed by atoms with E-state index in [9.17, 15) is 4.79 Å². The van der Waals surface area contributed by atoms with E-state index < -0.39 is 0 Å². The molecule has 1 amide bonds. The molecule has 1 N–H and O–H groups in total. The highest BCUT2D eigenvalue weighted by molar-refractivity contribution is 5.84. The van der Waals surface area contributed by atoms with Gasteiger partial charge >= 0.3 is 0 Å². The lowest BCUT2D eigenvalue weighted by molar-refractivity contribution is -0.124. The Balaban J connectivity index is 1.59. The normalized spacial score (nSPS) is 17.3. The maximum atomic E-state index is 12.8. The topological polar surface area (TPSA) is 63.1 Å². The number of hydrogen-bond donors (Lipinski definition) is 1. The van der Waals surface area contributed by atoms with Crippen LogP contribution in [0.3, 0.4) is 0 Å². The molecule has 27 heavy (non-hydrogen) atoms. The highest BCUT2D eigenvalue weighted by atomic mass is 16.2. The number of nitrogens with one attached hydrogen (secondary N) is 1. The van der Waals surface area contributed by atoms with Crippen LogP contribution in [0.25, 0.3) is 10.9 Å². The van der Waals surface area contributed by atoms with E-state index in [2.05, 4.69) is 33.4 Å². The van der Waals surface area contributed by atoms with E-state index in [-0.39, 0.29) is 17.9 Å². The molecule has 1 aliphatic rings. The first kappa shape index (κ1) is 17.7. The minimum absolute atomic E-state index is 0.0611. The van der Waals surface area contributed by atoms with Crippen LogP contribution in [-0.4, -0.2) is 37.9 Å². The van der Waals surface area contributed by atoms with Gasteiger partial charge in [-0.25, -0.2) is 4.98 Å². The van der Waals surface area contributed by atoms with Crippen LogP contribution in [0, 0.1) is 0 Å². The molecule has 0 saturated heterocycles. The van der Waals surface area contributed by atoms with Gasteiger partial charge in [-0.3, -0.25) is 14.7 Å². The molecule has 1 aromatic carbocycles. The molecule has 0 aliphatic carbocycles. The molecule has 3 aromatic rings. The van der Waals surface area contributed by atoms with Gasteiger partial charge in [0, 0.05) is 38.1 Å². The van der Waals surface area contributed by atoms with Crippen LogP contribution in [0.1, 0.15) is 36.8 Å². The summed E-state index contributed by atoms with van der Waals surface area (Å²) in [5, 5.41) is 4.20. The van der Waals surface area contributed by atoms with Gasteiger partial charge in [-0.15, -0.1) is 0 Å². The molecule has 0 spiro atoms. The molecule has 1 atom stereocenters. The minimum atomic E-state index is -0.218. The van der Waals surface area contributed by atoms with Gasteiger partial charge in [0.15, 0.2) is 0 Å². The number of hydrogen-bond acceptors (Lipinski definition) is 4. The summed E-state index contributed by atoms with van der Waals surface area (Å²) in [6, 6.07) is 12.4. The Kier molecular flexibility index (Phi) is 4.66. The molecular weight excluding hydrogens is 338 g/mol. The van der Waals surface area contributed by atoms with Crippen LogP contribution < -0.4 is 5.32 Å². The number of amides is 1. The van der Waals surface area contributed by atoms with Crippen LogP contribution in [0.2, 0.25) is 0 Å². The predicted molar refractivity (Wildman–Crippen MR) is 105 cm³/mol. The number of aryl methyl sites for hydroxylation is 1. The van der Waals surface area contributed by atoms with Gasteiger partial charge in [-0.2, -0.15) is 0 Å². The number of fused-ring (bicyclic) bond motifs is 2. The third-order valence-electron chi connectivity index (χ3n) is 5.00. The first-order valence-electron chi connectivity index (χ1n) is 9.38. The summed E-state index contributed by atoms with van der Waals surface area (Å²) in [5.41, 5.74) is 4.01. The Morgan fingerprint density at radius 3 is 2.89 bits per heavy atom. The lowest BCUT2D eigenvalue weighted by Crippen LogP contribution is -2.43. The fourth-order valence-electron chi connectivity index (χ4n) is 3.82. The molecule has 3 heterocycles. The second-order valence-corrected chi connectivity index (χ2v) is 7.57. The smallest absolute Gasteiger partial charge is 0.230 e. The van der Waals surface area contributed by atoms with Gasteiger partial charge in [0.2, 0.25) is 5.91 Å². The highest BCUT2D eigenvalue weighted by Crippen LogP contribution is 2.28. The number of carbonyl (C=O) groups is 1. The number of para-hydroxylation sites is 1. The highest BCUT2D eigenvalue weighted by Gasteiger charge is 2.34. The van der Waals surface area contributed by atoms with Crippen molar-refractivity contribution in [2.45, 2.75) is 38.9 Å². The fraction of sp³-hybridized carbons (Fsp3) is 0.381. The number of aromatic nitrogens is 3. The Hall–Kier alpha value is -2.73. The number of pyridine rings is 1. The quantitative estimate of drug-likeness (QED) is 0.774. The predicted octanol–water partition coefficient (Wildman–Crippen LogP) is 2.59. The third-order valence-corrected chi connectivity index (χ3v) is 5.00. The maximum absolute atomic E-state index is 12.8. The van der Waals surface area contributed by atoms with E-state index in [1.54, 1.807) is 6.33 Å². The van der Waals surface area contributed by atoms with Crippen LogP contribution >= 0.6 is 0 Å². The number of benzene rings is 1. The van der Waals surface area contributed by atoms with Crippen molar-refractivity contribution in [1.29, 1.82) is 0 Å². The Morgan fingerprint density at radius 2 is 2.07 bits per heavy atom. The zero-order chi connectivity index (χ0) is 19.0. The van der Waals surface area contributed by atoms with Crippen molar-refractivity contribution in [3.8, 4) is 0 Å². The van der Waals surface area contributed by atoms with Crippen molar-refractivity contribution in [2.24, 2.45) is 7.05 Å². The Morgan fingerprint density at radius 1 is 1.26 bits per heavy atom. The van der Waals surface area contributed by atoms with Crippen LogP contribution in [0.15, 0.2) is 42.7 Å². The van der Waals surface area contributed by atoms with Crippen molar-refractivity contribution in [1.82, 2.24) is 24.8 Å². The molecule has 4 rings (SSSR count). The van der Waals surface area contributed by atoms with Crippen molar-refractivity contribution in [3.63, 3.8) is 0 Å². The van der Waals surface area contributed by atoms with E-state index in [0.29, 0.717) is 13.1 Å². The van der Waals surface area contributed by atoms with Crippen molar-refractivity contribution >= 4 is 16.8 Å². The average Bonchev–Trinajstić information content (AvgIpc) is 3.01. The van der Waals surface area contributed by atoms with Crippen LogP contribution in [0.5, 0.6) is 0 Å². The zero-order valence-corrected chi connectivity index (χ0v) is 16.0. The van der Waals surface area contributed by atoms with Crippen molar-refractivity contribution in [2.75, 3.05) is 6.54 Å². The summed E-state index contributed by atoms with van der Waals surface area (Å²) in [4.78, 5) is 24.4. The summed E-state index contributed by atoms with van der Waals surface area (Å²) in [7, 11) is 1.96. The largest absolute Gasteiger partial charge is 0.353 e. The molecular formula is C21H25N5O. The fourth-order valence-corrected chi connectivity index (χ4v) is 3.82. The number of rotatable bonds is 4.